The Labute approximate surface area is 100 Å². The Kier molecular flexibility index (Phi) is 4.22. The topological polar surface area (TPSA) is 119 Å². The molecule has 0 saturated heterocycles. The minimum absolute atomic E-state index is 0.0479. The minimum Gasteiger partial charge on any atom is -0.394 e. The van der Waals surface area contributed by atoms with Crippen LogP contribution in [0.2, 0.25) is 0 Å². The summed E-state index contributed by atoms with van der Waals surface area (Å²) in [5.41, 5.74) is 6.77. The van der Waals surface area contributed by atoms with Crippen LogP contribution in [-0.4, -0.2) is 32.5 Å². The molecule has 17 heavy (non-hydrogen) atoms. The molecule has 94 valence electrons. The highest BCUT2D eigenvalue weighted by Crippen LogP contribution is 2.15. The van der Waals surface area contributed by atoms with Crippen LogP contribution in [0, 0.1) is 6.92 Å². The van der Waals surface area contributed by atoms with E-state index in [9.17, 15) is 8.42 Å². The molecule has 0 aliphatic rings. The second kappa shape index (κ2) is 5.26. The third-order valence-electron chi connectivity index (χ3n) is 2.10. The quantitative estimate of drug-likeness (QED) is 0.490. The zero-order valence-corrected chi connectivity index (χ0v) is 10.2. The number of aliphatic imine (C=N–C) groups is 1. The fourth-order valence-corrected chi connectivity index (χ4v) is 2.08. The minimum atomic E-state index is -3.84. The summed E-state index contributed by atoms with van der Waals surface area (Å²) in [6, 6.07) is 4.61. The van der Waals surface area contributed by atoms with Gasteiger partial charge in [-0.05, 0) is 19.1 Å². The number of hydrogen-bond donors (Lipinski definition) is 3. The zero-order chi connectivity index (χ0) is 13.1. The van der Waals surface area contributed by atoms with Gasteiger partial charge < -0.3 is 10.8 Å². The number of sulfonamides is 1. The second-order valence-electron chi connectivity index (χ2n) is 3.54. The van der Waals surface area contributed by atoms with E-state index in [0.717, 1.165) is 5.56 Å². The third-order valence-corrected chi connectivity index (χ3v) is 3.07. The van der Waals surface area contributed by atoms with Crippen molar-refractivity contribution in [3.63, 3.8) is 0 Å². The maximum atomic E-state index is 11.4. The fraction of sp³-hybridized carbons (Fsp3) is 0.300. The lowest BCUT2D eigenvalue weighted by Gasteiger charge is -2.08. The van der Waals surface area contributed by atoms with Crippen molar-refractivity contribution in [1.29, 1.82) is 0 Å². The Bertz CT molecular complexity index is 538. The number of hydrogen-bond acceptors (Lipinski definition) is 4. The molecule has 0 amide bonds. The molecule has 0 unspecified atom stereocenters. The van der Waals surface area contributed by atoms with Crippen molar-refractivity contribution >= 4 is 15.9 Å². The molecule has 0 aliphatic carbocycles. The number of rotatable bonds is 4. The van der Waals surface area contributed by atoms with Gasteiger partial charge in [0.15, 0.2) is 0 Å². The first-order chi connectivity index (χ1) is 7.86. The summed E-state index contributed by atoms with van der Waals surface area (Å²) < 4.78 is 22.7. The van der Waals surface area contributed by atoms with Crippen LogP contribution in [0.5, 0.6) is 0 Å². The van der Waals surface area contributed by atoms with Gasteiger partial charge in [-0.1, -0.05) is 11.6 Å². The molecule has 1 aromatic rings. The Morgan fingerprint density at radius 1 is 1.47 bits per heavy atom. The van der Waals surface area contributed by atoms with Crippen LogP contribution in [0.1, 0.15) is 11.1 Å². The number of aryl methyl sites for hydroxylation is 1. The highest BCUT2D eigenvalue weighted by atomic mass is 32.2. The summed E-state index contributed by atoms with van der Waals surface area (Å²) in [5, 5.41) is 13.7. The van der Waals surface area contributed by atoms with Crippen molar-refractivity contribution in [2.45, 2.75) is 11.8 Å². The van der Waals surface area contributed by atoms with E-state index in [1.54, 1.807) is 19.1 Å². The summed E-state index contributed by atoms with van der Waals surface area (Å²) in [4.78, 5) is 3.79. The zero-order valence-electron chi connectivity index (χ0n) is 9.42. The van der Waals surface area contributed by atoms with E-state index in [-0.39, 0.29) is 29.4 Å². The van der Waals surface area contributed by atoms with Gasteiger partial charge in [0.2, 0.25) is 10.0 Å². The first-order valence-corrected chi connectivity index (χ1v) is 6.45. The lowest BCUT2D eigenvalue weighted by molar-refractivity contribution is 0.307. The Balaban J connectivity index is 3.35. The van der Waals surface area contributed by atoms with Gasteiger partial charge in [0, 0.05) is 5.56 Å². The van der Waals surface area contributed by atoms with Crippen LogP contribution in [-0.2, 0) is 10.0 Å². The standard InChI is InChI=1S/C10H15N3O3S/c1-7-2-3-9(17(12,15)16)8(6-7)10(11)13-4-5-14/h2-3,6,14H,4-5H2,1H3,(H2,11,13)(H2,12,15,16). The highest BCUT2D eigenvalue weighted by Gasteiger charge is 2.16. The molecule has 6 nitrogen and oxygen atoms in total. The number of benzene rings is 1. The summed E-state index contributed by atoms with van der Waals surface area (Å²) in [6.07, 6.45) is 0. The van der Waals surface area contributed by atoms with Crippen molar-refractivity contribution < 1.29 is 13.5 Å². The van der Waals surface area contributed by atoms with E-state index in [4.69, 9.17) is 16.0 Å². The molecule has 0 bridgehead atoms. The molecule has 1 rings (SSSR count). The lowest BCUT2D eigenvalue weighted by Crippen LogP contribution is -2.22. The molecule has 0 fully saturated rings. The largest absolute Gasteiger partial charge is 0.394 e. The number of amidine groups is 1. The van der Waals surface area contributed by atoms with Crippen molar-refractivity contribution in [3.8, 4) is 0 Å². The number of nitrogens with two attached hydrogens (primary N) is 2. The maximum absolute atomic E-state index is 11.4. The molecule has 0 heterocycles. The molecule has 0 atom stereocenters. The molecule has 0 saturated carbocycles. The average Bonchev–Trinajstić information content (AvgIpc) is 2.24. The molecule has 0 aliphatic heterocycles. The van der Waals surface area contributed by atoms with Crippen molar-refractivity contribution in [1.82, 2.24) is 0 Å². The van der Waals surface area contributed by atoms with Gasteiger partial charge in [0.1, 0.15) is 5.84 Å². The summed E-state index contributed by atoms with van der Waals surface area (Å²) in [6.45, 7) is 1.76. The van der Waals surface area contributed by atoms with Gasteiger partial charge in [0.25, 0.3) is 0 Å². The van der Waals surface area contributed by atoms with Gasteiger partial charge in [-0.25, -0.2) is 13.6 Å². The molecular weight excluding hydrogens is 242 g/mol. The van der Waals surface area contributed by atoms with Crippen molar-refractivity contribution in [3.05, 3.63) is 29.3 Å². The van der Waals surface area contributed by atoms with Crippen LogP contribution in [0.3, 0.4) is 0 Å². The second-order valence-corrected chi connectivity index (χ2v) is 5.07. The third kappa shape index (κ3) is 3.52. The van der Waals surface area contributed by atoms with Crippen LogP contribution >= 0.6 is 0 Å². The lowest BCUT2D eigenvalue weighted by atomic mass is 10.1. The van der Waals surface area contributed by atoms with E-state index in [2.05, 4.69) is 4.99 Å². The normalized spacial score (nSPS) is 12.8. The van der Waals surface area contributed by atoms with Gasteiger partial charge in [-0.2, -0.15) is 0 Å². The van der Waals surface area contributed by atoms with Crippen molar-refractivity contribution in [2.24, 2.45) is 15.9 Å². The molecule has 0 spiro atoms. The molecule has 7 heteroatoms. The van der Waals surface area contributed by atoms with Crippen LogP contribution < -0.4 is 10.9 Å². The van der Waals surface area contributed by atoms with Gasteiger partial charge in [-0.3, -0.25) is 4.99 Å². The van der Waals surface area contributed by atoms with Gasteiger partial charge in [-0.15, -0.1) is 0 Å². The monoisotopic (exact) mass is 257 g/mol. The Morgan fingerprint density at radius 2 is 2.12 bits per heavy atom. The predicted molar refractivity (Wildman–Crippen MR) is 65.2 cm³/mol. The molecule has 0 radical (unpaired) electrons. The summed E-state index contributed by atoms with van der Waals surface area (Å²) >= 11 is 0. The number of primary sulfonamides is 1. The van der Waals surface area contributed by atoms with E-state index >= 15 is 0 Å². The van der Waals surface area contributed by atoms with Crippen LogP contribution in [0.15, 0.2) is 28.1 Å². The average molecular weight is 257 g/mol. The first-order valence-electron chi connectivity index (χ1n) is 4.91. The van der Waals surface area contributed by atoms with Gasteiger partial charge in [0.05, 0.1) is 18.0 Å². The highest BCUT2D eigenvalue weighted by molar-refractivity contribution is 7.89. The summed E-state index contributed by atoms with van der Waals surface area (Å²) in [5.74, 6) is 0.0479. The molecular formula is C10H15N3O3S. The van der Waals surface area contributed by atoms with E-state index in [1.165, 1.54) is 6.07 Å². The number of nitrogens with zero attached hydrogens (tertiary/aromatic N) is 1. The van der Waals surface area contributed by atoms with E-state index in [0.29, 0.717) is 0 Å². The maximum Gasteiger partial charge on any atom is 0.238 e. The summed E-state index contributed by atoms with van der Waals surface area (Å²) in [7, 11) is -3.84. The predicted octanol–water partition coefficient (Wildman–Crippen LogP) is -0.660. The molecule has 0 aromatic heterocycles. The molecule has 5 N–H and O–H groups in total. The number of aliphatic hydroxyl groups is 1. The Hall–Kier alpha value is -1.44. The smallest absolute Gasteiger partial charge is 0.238 e. The van der Waals surface area contributed by atoms with E-state index < -0.39 is 10.0 Å². The first kappa shape index (κ1) is 13.6. The Morgan fingerprint density at radius 3 is 2.65 bits per heavy atom. The van der Waals surface area contributed by atoms with Gasteiger partial charge >= 0.3 is 0 Å². The van der Waals surface area contributed by atoms with Crippen LogP contribution in [0.4, 0.5) is 0 Å². The van der Waals surface area contributed by atoms with Crippen molar-refractivity contribution in [2.75, 3.05) is 13.2 Å². The number of aliphatic hydroxyl groups excluding tert-OH is 1. The fourth-order valence-electron chi connectivity index (χ4n) is 1.35. The van der Waals surface area contributed by atoms with Crippen LogP contribution in [0.25, 0.3) is 0 Å². The SMILES string of the molecule is Cc1ccc(S(N)(=O)=O)c(C(N)=NCCO)c1. The van der Waals surface area contributed by atoms with E-state index in [1.807, 2.05) is 0 Å². The molecule has 1 aromatic carbocycles.